The van der Waals surface area contributed by atoms with Crippen LogP contribution >= 0.6 is 0 Å². The van der Waals surface area contributed by atoms with Gasteiger partial charge in [0.1, 0.15) is 30.3 Å². The van der Waals surface area contributed by atoms with Crippen molar-refractivity contribution in [3.05, 3.63) is 24.0 Å². The highest BCUT2D eigenvalue weighted by Gasteiger charge is 2.57. The van der Waals surface area contributed by atoms with Crippen LogP contribution in [0.2, 0.25) is 0 Å². The van der Waals surface area contributed by atoms with E-state index in [1.807, 2.05) is 0 Å². The third-order valence-electron chi connectivity index (χ3n) is 4.33. The summed E-state index contributed by atoms with van der Waals surface area (Å²) in [5.74, 6) is -1.74. The minimum atomic E-state index is -0.919. The summed E-state index contributed by atoms with van der Waals surface area (Å²) in [6.07, 6.45) is -1.49. The fourth-order valence-corrected chi connectivity index (χ4v) is 3.35. The van der Waals surface area contributed by atoms with Crippen LogP contribution in [-0.4, -0.2) is 49.0 Å². The van der Waals surface area contributed by atoms with E-state index in [1.54, 1.807) is 13.8 Å². The van der Waals surface area contributed by atoms with Gasteiger partial charge < -0.3 is 24.4 Å². The number of fused-ring (bicyclic) bond motifs is 2. The molecule has 0 aromatic heterocycles. The summed E-state index contributed by atoms with van der Waals surface area (Å²) in [7, 11) is 0. The van der Waals surface area contributed by atoms with E-state index in [1.165, 1.54) is 23.1 Å². The maximum atomic E-state index is 13.4. The van der Waals surface area contributed by atoms with Crippen LogP contribution in [0.3, 0.4) is 0 Å². The minimum absolute atomic E-state index is 0.250. The molecule has 1 aromatic rings. The van der Waals surface area contributed by atoms with E-state index in [-0.39, 0.29) is 18.4 Å². The van der Waals surface area contributed by atoms with Crippen LogP contribution in [0.15, 0.2) is 18.2 Å². The summed E-state index contributed by atoms with van der Waals surface area (Å²) >= 11 is 0. The predicted octanol–water partition coefficient (Wildman–Crippen LogP) is 0.570. The molecule has 0 aliphatic carbocycles. The normalized spacial score (nSPS) is 30.4. The van der Waals surface area contributed by atoms with Gasteiger partial charge in [0.15, 0.2) is 11.9 Å². The van der Waals surface area contributed by atoms with Crippen molar-refractivity contribution in [3.63, 3.8) is 0 Å². The maximum Gasteiger partial charge on any atom is 0.252 e. The van der Waals surface area contributed by atoms with Crippen molar-refractivity contribution in [1.29, 1.82) is 0 Å². The van der Waals surface area contributed by atoms with Crippen LogP contribution in [0.4, 0.5) is 10.1 Å². The number of hydrogen-bond donors (Lipinski definition) is 1. The maximum absolute atomic E-state index is 13.4. The van der Waals surface area contributed by atoms with Crippen molar-refractivity contribution < 1.29 is 28.2 Å². The molecule has 0 bridgehead atoms. The molecule has 2 saturated heterocycles. The lowest BCUT2D eigenvalue weighted by molar-refractivity contribution is -0.164. The molecule has 2 fully saturated rings. The number of carbonyl (C=O) groups excluding carboxylic acids is 2. The number of nitrogens with zero attached hydrogens (tertiary/aromatic N) is 1. The standard InChI is InChI=1S/C16H17FN2O5/c1-16(2)23-12-11(18-14(20)13(12)24-16)15(21)19-5-6-22-10-7-8(17)3-4-9(10)19/h3-4,7,11-13H,5-6H2,1-2H3,(H,18,20). The monoisotopic (exact) mass is 336 g/mol. The summed E-state index contributed by atoms with van der Waals surface area (Å²) < 4.78 is 30.1. The van der Waals surface area contributed by atoms with Crippen LogP contribution < -0.4 is 15.0 Å². The van der Waals surface area contributed by atoms with Gasteiger partial charge in [-0.15, -0.1) is 0 Å². The largest absolute Gasteiger partial charge is 0.489 e. The highest BCUT2D eigenvalue weighted by Crippen LogP contribution is 2.37. The topological polar surface area (TPSA) is 77.1 Å². The third kappa shape index (κ3) is 2.33. The average molecular weight is 336 g/mol. The van der Waals surface area contributed by atoms with Crippen LogP contribution in [-0.2, 0) is 19.1 Å². The zero-order valence-corrected chi connectivity index (χ0v) is 13.2. The SMILES string of the molecule is CC1(C)OC2C(=O)NC(C(=O)N3CCOc4cc(F)ccc43)C2O1. The minimum Gasteiger partial charge on any atom is -0.489 e. The summed E-state index contributed by atoms with van der Waals surface area (Å²) in [4.78, 5) is 26.5. The van der Waals surface area contributed by atoms with Gasteiger partial charge in [-0.1, -0.05) is 0 Å². The third-order valence-corrected chi connectivity index (χ3v) is 4.33. The Labute approximate surface area is 137 Å². The van der Waals surface area contributed by atoms with Gasteiger partial charge >= 0.3 is 0 Å². The lowest BCUT2D eigenvalue weighted by Gasteiger charge is -2.32. The van der Waals surface area contributed by atoms with E-state index >= 15 is 0 Å². The summed E-state index contributed by atoms with van der Waals surface area (Å²) in [6.45, 7) is 3.96. The van der Waals surface area contributed by atoms with Crippen LogP contribution in [0.1, 0.15) is 13.8 Å². The van der Waals surface area contributed by atoms with Gasteiger partial charge in [0.05, 0.1) is 12.2 Å². The molecule has 24 heavy (non-hydrogen) atoms. The first kappa shape index (κ1) is 15.3. The highest BCUT2D eigenvalue weighted by molar-refractivity contribution is 6.03. The first-order valence-corrected chi connectivity index (χ1v) is 7.75. The number of anilines is 1. The Balaban J connectivity index is 1.62. The Hall–Kier alpha value is -2.19. The van der Waals surface area contributed by atoms with Gasteiger partial charge in [0.2, 0.25) is 0 Å². The van der Waals surface area contributed by atoms with Gasteiger partial charge in [-0.25, -0.2) is 4.39 Å². The molecule has 1 aromatic carbocycles. The second kappa shape index (κ2) is 5.15. The summed E-state index contributed by atoms with van der Waals surface area (Å²) in [5.41, 5.74) is 0.475. The summed E-state index contributed by atoms with van der Waals surface area (Å²) in [6, 6.07) is 3.15. The fourth-order valence-electron chi connectivity index (χ4n) is 3.35. The predicted molar refractivity (Wildman–Crippen MR) is 80.0 cm³/mol. The molecule has 3 aliphatic heterocycles. The number of halogens is 1. The first-order chi connectivity index (χ1) is 11.4. The van der Waals surface area contributed by atoms with E-state index in [9.17, 15) is 14.0 Å². The Bertz CT molecular complexity index is 722. The fraction of sp³-hybridized carbons (Fsp3) is 0.500. The number of benzene rings is 1. The smallest absolute Gasteiger partial charge is 0.252 e. The molecular formula is C16H17FN2O5. The van der Waals surface area contributed by atoms with E-state index in [0.29, 0.717) is 18.0 Å². The van der Waals surface area contributed by atoms with Crippen molar-refractivity contribution in [2.24, 2.45) is 0 Å². The molecule has 7 nitrogen and oxygen atoms in total. The van der Waals surface area contributed by atoms with Crippen molar-refractivity contribution in [1.82, 2.24) is 5.32 Å². The van der Waals surface area contributed by atoms with Crippen molar-refractivity contribution in [3.8, 4) is 5.75 Å². The molecule has 128 valence electrons. The number of amides is 2. The molecule has 3 heterocycles. The molecule has 3 unspecified atom stereocenters. The molecule has 8 heteroatoms. The molecule has 4 rings (SSSR count). The lowest BCUT2D eigenvalue weighted by Crippen LogP contribution is -2.52. The van der Waals surface area contributed by atoms with E-state index in [0.717, 1.165) is 0 Å². The molecule has 2 amide bonds. The highest BCUT2D eigenvalue weighted by atomic mass is 19.1. The quantitative estimate of drug-likeness (QED) is 0.811. The van der Waals surface area contributed by atoms with Crippen molar-refractivity contribution >= 4 is 17.5 Å². The zero-order valence-electron chi connectivity index (χ0n) is 13.2. The van der Waals surface area contributed by atoms with Crippen molar-refractivity contribution in [2.75, 3.05) is 18.1 Å². The van der Waals surface area contributed by atoms with E-state index < -0.39 is 29.9 Å². The lowest BCUT2D eigenvalue weighted by atomic mass is 10.1. The van der Waals surface area contributed by atoms with Gasteiger partial charge in [0, 0.05) is 6.07 Å². The molecule has 3 atom stereocenters. The molecular weight excluding hydrogens is 319 g/mol. The van der Waals surface area contributed by atoms with Gasteiger partial charge in [-0.2, -0.15) is 0 Å². The number of nitrogens with one attached hydrogen (secondary N) is 1. The second-order valence-corrected chi connectivity index (χ2v) is 6.46. The molecule has 1 N–H and O–H groups in total. The number of hydrogen-bond acceptors (Lipinski definition) is 5. The second-order valence-electron chi connectivity index (χ2n) is 6.46. The average Bonchev–Trinajstić information content (AvgIpc) is 3.00. The summed E-state index contributed by atoms with van der Waals surface area (Å²) in [5, 5.41) is 2.64. The molecule has 3 aliphatic rings. The van der Waals surface area contributed by atoms with Gasteiger partial charge in [-0.05, 0) is 26.0 Å². The first-order valence-electron chi connectivity index (χ1n) is 7.75. The molecule has 0 radical (unpaired) electrons. The van der Waals surface area contributed by atoms with E-state index in [2.05, 4.69) is 5.32 Å². The Morgan fingerprint density at radius 2 is 2.17 bits per heavy atom. The molecule has 0 spiro atoms. The zero-order chi connectivity index (χ0) is 17.1. The van der Waals surface area contributed by atoms with Gasteiger partial charge in [0.25, 0.3) is 11.8 Å². The number of ether oxygens (including phenoxy) is 3. The Morgan fingerprint density at radius 1 is 1.38 bits per heavy atom. The number of carbonyl (C=O) groups is 2. The van der Waals surface area contributed by atoms with E-state index in [4.69, 9.17) is 14.2 Å². The number of rotatable bonds is 1. The molecule has 0 saturated carbocycles. The van der Waals surface area contributed by atoms with Crippen LogP contribution in [0.5, 0.6) is 5.75 Å². The van der Waals surface area contributed by atoms with Crippen LogP contribution in [0, 0.1) is 5.82 Å². The Kier molecular flexibility index (Phi) is 3.29. The van der Waals surface area contributed by atoms with Crippen LogP contribution in [0.25, 0.3) is 0 Å². The Morgan fingerprint density at radius 3 is 2.96 bits per heavy atom. The van der Waals surface area contributed by atoms with Crippen molar-refractivity contribution in [2.45, 2.75) is 37.9 Å². The van der Waals surface area contributed by atoms with Gasteiger partial charge in [-0.3, -0.25) is 9.59 Å².